The SMILES string of the molecule is COC(C)=c1c(CCO)cc2c(c1NC(C)(C)C)[C-]=c1ccccc1=2.[Cl-].[Cl-].[Ti+3]. The number of nitrogens with one attached hydrogen (secondary N) is 1. The largest absolute Gasteiger partial charge is 3.00 e. The van der Waals surface area contributed by atoms with Crippen molar-refractivity contribution in [1.29, 1.82) is 0 Å². The number of hydrogen-bond acceptors (Lipinski definition) is 3. The molecule has 1 aliphatic carbocycles. The maximum Gasteiger partial charge on any atom is 3.00 e. The summed E-state index contributed by atoms with van der Waals surface area (Å²) in [5, 5.41) is 17.7. The Morgan fingerprint density at radius 2 is 1.79 bits per heavy atom. The number of hydrogen-bond donors (Lipinski definition) is 2. The monoisotopic (exact) mass is 454 g/mol. The first-order chi connectivity index (χ1) is 11.9. The van der Waals surface area contributed by atoms with E-state index in [9.17, 15) is 5.11 Å². The van der Waals surface area contributed by atoms with E-state index in [1.165, 1.54) is 10.4 Å². The number of aliphatic hydroxyl groups excluding tert-OH is 1. The first-order valence-corrected chi connectivity index (χ1v) is 8.69. The Balaban J connectivity index is 0.00000243. The molecular weight excluding hydrogens is 429 g/mol. The van der Waals surface area contributed by atoms with E-state index in [4.69, 9.17) is 4.74 Å². The van der Waals surface area contributed by atoms with Crippen LogP contribution in [0.15, 0.2) is 30.3 Å². The van der Waals surface area contributed by atoms with E-state index in [0.717, 1.165) is 33.0 Å². The predicted molar refractivity (Wildman–Crippen MR) is 103 cm³/mol. The third-order valence-electron chi connectivity index (χ3n) is 4.43. The molecule has 0 saturated heterocycles. The molecule has 3 nitrogen and oxygen atoms in total. The number of methoxy groups -OCH3 is 1. The smallest absolute Gasteiger partial charge is 1.00 e. The number of benzene rings is 2. The van der Waals surface area contributed by atoms with Crippen LogP contribution in [0.4, 0.5) is 5.69 Å². The van der Waals surface area contributed by atoms with Gasteiger partial charge in [0.15, 0.2) is 0 Å². The second-order valence-electron chi connectivity index (χ2n) is 7.49. The van der Waals surface area contributed by atoms with Crippen LogP contribution in [0.3, 0.4) is 0 Å². The minimum Gasteiger partial charge on any atom is -1.00 e. The molecule has 0 bridgehead atoms. The van der Waals surface area contributed by atoms with Crippen molar-refractivity contribution >= 4 is 17.5 Å². The second kappa shape index (κ2) is 10.7. The molecule has 2 N–H and O–H groups in total. The molecule has 3 rings (SSSR count). The molecule has 2 aromatic rings. The molecule has 2 aromatic carbocycles. The normalized spacial score (nSPS) is 12.2. The molecule has 0 aromatic heterocycles. The summed E-state index contributed by atoms with van der Waals surface area (Å²) in [5.74, 6) is 0.843. The fourth-order valence-electron chi connectivity index (χ4n) is 3.36. The van der Waals surface area contributed by atoms with Gasteiger partial charge in [-0.25, -0.2) is 0 Å². The van der Waals surface area contributed by atoms with Crippen molar-refractivity contribution in [2.45, 2.75) is 39.7 Å². The van der Waals surface area contributed by atoms with Gasteiger partial charge in [0.25, 0.3) is 0 Å². The van der Waals surface area contributed by atoms with Gasteiger partial charge < -0.3 is 40.0 Å². The van der Waals surface area contributed by atoms with Gasteiger partial charge in [0.05, 0.1) is 12.9 Å². The van der Waals surface area contributed by atoms with Crippen LogP contribution in [0.1, 0.15) is 38.8 Å². The van der Waals surface area contributed by atoms with Crippen LogP contribution in [0.25, 0.3) is 11.8 Å². The Morgan fingerprint density at radius 1 is 1.14 bits per heavy atom. The second-order valence-corrected chi connectivity index (χ2v) is 7.49. The Kier molecular flexibility index (Phi) is 10.3. The van der Waals surface area contributed by atoms with E-state index < -0.39 is 0 Å². The zero-order chi connectivity index (χ0) is 18.2. The minimum atomic E-state index is -0.106. The fraction of sp³-hybridized carbons (Fsp3) is 0.364. The Bertz CT molecular complexity index is 1030. The van der Waals surface area contributed by atoms with Gasteiger partial charge in [0.1, 0.15) is 0 Å². The summed E-state index contributed by atoms with van der Waals surface area (Å²) in [4.78, 5) is 0. The Morgan fingerprint density at radius 3 is 2.36 bits per heavy atom. The van der Waals surface area contributed by atoms with Gasteiger partial charge in [-0.15, -0.1) is 27.8 Å². The van der Waals surface area contributed by atoms with E-state index in [0.29, 0.717) is 6.42 Å². The number of fused-ring (bicyclic) bond motifs is 2. The summed E-state index contributed by atoms with van der Waals surface area (Å²) < 4.78 is 5.58. The van der Waals surface area contributed by atoms with Crippen LogP contribution in [0, 0.1) is 10.4 Å². The summed E-state index contributed by atoms with van der Waals surface area (Å²) in [6.45, 7) is 8.51. The van der Waals surface area contributed by atoms with Crippen molar-refractivity contribution in [3.05, 3.63) is 62.3 Å². The topological polar surface area (TPSA) is 41.5 Å². The van der Waals surface area contributed by atoms with Gasteiger partial charge in [-0.3, -0.25) is 0 Å². The van der Waals surface area contributed by atoms with Crippen molar-refractivity contribution in [3.63, 3.8) is 0 Å². The van der Waals surface area contributed by atoms with Crippen molar-refractivity contribution in [3.8, 4) is 0 Å². The number of ether oxygens (including phenoxy) is 1. The molecule has 0 heterocycles. The van der Waals surface area contributed by atoms with Crippen LogP contribution in [0.2, 0.25) is 0 Å². The van der Waals surface area contributed by atoms with Gasteiger partial charge in [0, 0.05) is 17.4 Å². The van der Waals surface area contributed by atoms with Crippen LogP contribution in [0.5, 0.6) is 0 Å². The zero-order valence-corrected chi connectivity index (χ0v) is 20.0. The summed E-state index contributed by atoms with van der Waals surface area (Å²) in [7, 11) is 1.69. The Hall–Kier alpha value is -0.966. The van der Waals surface area contributed by atoms with Crippen LogP contribution < -0.4 is 40.6 Å². The molecular formula is C22H26Cl2NO2Ti. The number of anilines is 1. The third kappa shape index (κ3) is 5.34. The van der Waals surface area contributed by atoms with Crippen LogP contribution >= 0.6 is 0 Å². The molecule has 0 atom stereocenters. The van der Waals surface area contributed by atoms with Crippen molar-refractivity contribution < 1.29 is 56.4 Å². The van der Waals surface area contributed by atoms with Gasteiger partial charge in [-0.1, -0.05) is 29.8 Å². The van der Waals surface area contributed by atoms with Gasteiger partial charge in [-0.2, -0.15) is 0 Å². The standard InChI is InChI=1S/C22H26NO2.2ClH.Ti/c1-14(25-5)20-16(10-11-24)13-18-17-9-7-6-8-15(17)12-19(18)21(20)23-22(2,3)4;;;/h6-9,13,23-24H,10-11H2,1-5H3;2*1H;/q-1;;;+3/p-2. The molecule has 0 unspecified atom stereocenters. The molecule has 0 fully saturated rings. The van der Waals surface area contributed by atoms with E-state index in [1.807, 2.05) is 13.0 Å². The quantitative estimate of drug-likeness (QED) is 0.318. The fourth-order valence-corrected chi connectivity index (χ4v) is 3.36. The molecule has 6 heteroatoms. The maximum atomic E-state index is 9.58. The predicted octanol–water partition coefficient (Wildman–Crippen LogP) is -3.48. The zero-order valence-electron chi connectivity index (χ0n) is 16.9. The average molecular weight is 455 g/mol. The first-order valence-electron chi connectivity index (χ1n) is 8.69. The number of halogens is 2. The summed E-state index contributed by atoms with van der Waals surface area (Å²) in [6.07, 6.45) is 4.15. The molecule has 28 heavy (non-hydrogen) atoms. The summed E-state index contributed by atoms with van der Waals surface area (Å²) >= 11 is 0. The third-order valence-corrected chi connectivity index (χ3v) is 4.43. The van der Waals surface area contributed by atoms with Crippen molar-refractivity contribution in [2.75, 3.05) is 19.0 Å². The Labute approximate surface area is 194 Å². The molecule has 0 saturated carbocycles. The average Bonchev–Trinajstić information content (AvgIpc) is 2.92. The number of aliphatic hydroxyl groups is 1. The van der Waals surface area contributed by atoms with Crippen LogP contribution in [-0.2, 0) is 32.9 Å². The number of rotatable bonds is 4. The maximum absolute atomic E-state index is 9.58. The molecule has 0 spiro atoms. The van der Waals surface area contributed by atoms with Crippen molar-refractivity contribution in [2.24, 2.45) is 0 Å². The molecule has 0 amide bonds. The molecule has 0 aliphatic heterocycles. The van der Waals surface area contributed by atoms with E-state index >= 15 is 0 Å². The minimum absolute atomic E-state index is 0. The summed E-state index contributed by atoms with van der Waals surface area (Å²) in [5.41, 5.74) is 3.09. The van der Waals surface area contributed by atoms with E-state index in [1.54, 1.807) is 7.11 Å². The molecule has 1 radical (unpaired) electrons. The van der Waals surface area contributed by atoms with Gasteiger partial charge >= 0.3 is 21.7 Å². The first kappa shape index (κ1) is 27.0. The van der Waals surface area contributed by atoms with Gasteiger partial charge in [-0.05, 0) is 45.4 Å². The van der Waals surface area contributed by atoms with Crippen LogP contribution in [-0.4, -0.2) is 24.4 Å². The molecule has 1 aliphatic rings. The van der Waals surface area contributed by atoms with Crippen molar-refractivity contribution in [1.82, 2.24) is 0 Å². The van der Waals surface area contributed by atoms with Gasteiger partial charge in [0.2, 0.25) is 0 Å². The van der Waals surface area contributed by atoms with E-state index in [-0.39, 0.29) is 58.7 Å². The summed E-state index contributed by atoms with van der Waals surface area (Å²) in [6, 6.07) is 10.5. The molecule has 149 valence electrons. The van der Waals surface area contributed by atoms with E-state index in [2.05, 4.69) is 56.4 Å².